The molecule has 2 rings (SSSR count). The fraction of sp³-hybridized carbons (Fsp3) is 0.857. The molecule has 0 saturated carbocycles. The van der Waals surface area contributed by atoms with Crippen molar-refractivity contribution in [1.82, 2.24) is 20.1 Å². The van der Waals surface area contributed by atoms with Gasteiger partial charge in [0.25, 0.3) is 0 Å². The molecule has 1 aliphatic rings. The second-order valence-electron chi connectivity index (χ2n) is 5.35. The first-order valence-electron chi connectivity index (χ1n) is 7.60. The van der Waals surface area contributed by atoms with Crippen LogP contribution in [0.5, 0.6) is 0 Å². The third-order valence-electron chi connectivity index (χ3n) is 3.52. The van der Waals surface area contributed by atoms with Crippen LogP contribution in [-0.4, -0.2) is 33.1 Å². The lowest BCUT2D eigenvalue weighted by molar-refractivity contribution is 0.588. The number of nitrogens with zero attached hydrogens (tertiary/aromatic N) is 3. The molecule has 0 saturated heterocycles. The average molecular weight is 282 g/mol. The van der Waals surface area contributed by atoms with E-state index in [0.29, 0.717) is 5.25 Å². The number of aromatic nitrogens is 3. The average Bonchev–Trinajstić information content (AvgIpc) is 2.64. The number of fused-ring (bicyclic) bond motifs is 1. The zero-order valence-corrected chi connectivity index (χ0v) is 13.0. The fourth-order valence-corrected chi connectivity index (χ4v) is 3.35. The summed E-state index contributed by atoms with van der Waals surface area (Å²) < 4.78 is 2.33. The van der Waals surface area contributed by atoms with Gasteiger partial charge in [0.05, 0.1) is 0 Å². The highest BCUT2D eigenvalue weighted by Gasteiger charge is 2.16. The molecule has 1 aliphatic heterocycles. The first-order chi connectivity index (χ1) is 9.31. The molecule has 0 amide bonds. The Hall–Kier alpha value is -0.550. The van der Waals surface area contributed by atoms with Crippen LogP contribution in [-0.2, 0) is 13.0 Å². The summed E-state index contributed by atoms with van der Waals surface area (Å²) in [7, 11) is 0. The largest absolute Gasteiger partial charge is 0.316 e. The summed E-state index contributed by atoms with van der Waals surface area (Å²) in [4.78, 5) is 0. The van der Waals surface area contributed by atoms with Gasteiger partial charge < -0.3 is 9.88 Å². The lowest BCUT2D eigenvalue weighted by atomic mass is 10.2. The van der Waals surface area contributed by atoms with E-state index in [2.05, 4.69) is 33.9 Å². The monoisotopic (exact) mass is 282 g/mol. The number of nitrogens with one attached hydrogen (secondary N) is 1. The Kier molecular flexibility index (Phi) is 6.17. The molecular weight excluding hydrogens is 256 g/mol. The van der Waals surface area contributed by atoms with E-state index in [-0.39, 0.29) is 0 Å². The number of rotatable bonds is 7. The Morgan fingerprint density at radius 2 is 2.21 bits per heavy atom. The first kappa shape index (κ1) is 14.9. The van der Waals surface area contributed by atoms with Crippen molar-refractivity contribution in [2.24, 2.45) is 0 Å². The highest BCUT2D eigenvalue weighted by atomic mass is 32.2. The van der Waals surface area contributed by atoms with Crippen LogP contribution >= 0.6 is 11.8 Å². The van der Waals surface area contributed by atoms with Crippen LogP contribution in [0, 0.1) is 0 Å². The molecule has 0 bridgehead atoms. The van der Waals surface area contributed by atoms with Crippen molar-refractivity contribution in [3.8, 4) is 0 Å². The van der Waals surface area contributed by atoms with E-state index >= 15 is 0 Å². The molecule has 1 aromatic rings. The van der Waals surface area contributed by atoms with Gasteiger partial charge in [0.1, 0.15) is 5.82 Å². The summed E-state index contributed by atoms with van der Waals surface area (Å²) in [6.45, 7) is 7.76. The van der Waals surface area contributed by atoms with Crippen molar-refractivity contribution in [3.05, 3.63) is 5.82 Å². The molecule has 4 nitrogen and oxygen atoms in total. The Labute approximate surface area is 120 Å². The van der Waals surface area contributed by atoms with E-state index in [9.17, 15) is 0 Å². The Balaban J connectivity index is 1.83. The second-order valence-corrected chi connectivity index (χ2v) is 6.75. The minimum absolute atomic E-state index is 0.549. The Morgan fingerprint density at radius 1 is 1.32 bits per heavy atom. The SMILES string of the molecule is CCCCNCC(C)Sc1nnc2n1CCCCC2. The number of hydrogen-bond acceptors (Lipinski definition) is 4. The molecule has 0 radical (unpaired) electrons. The number of thioether (sulfide) groups is 1. The lowest BCUT2D eigenvalue weighted by Crippen LogP contribution is -2.24. The number of hydrogen-bond donors (Lipinski definition) is 1. The fourth-order valence-electron chi connectivity index (χ4n) is 2.37. The summed E-state index contributed by atoms with van der Waals surface area (Å²) in [5, 5.41) is 13.9. The van der Waals surface area contributed by atoms with Crippen molar-refractivity contribution in [3.63, 3.8) is 0 Å². The van der Waals surface area contributed by atoms with Crippen molar-refractivity contribution in [2.45, 2.75) is 69.3 Å². The van der Waals surface area contributed by atoms with E-state index in [4.69, 9.17) is 0 Å². The molecule has 0 fully saturated rings. The molecule has 1 N–H and O–H groups in total. The molecule has 0 spiro atoms. The number of aryl methyl sites for hydroxylation is 1. The molecule has 1 unspecified atom stereocenters. The third kappa shape index (κ3) is 4.49. The molecule has 2 heterocycles. The van der Waals surface area contributed by atoms with Gasteiger partial charge in [-0.25, -0.2) is 0 Å². The summed E-state index contributed by atoms with van der Waals surface area (Å²) in [5.41, 5.74) is 0. The molecule has 19 heavy (non-hydrogen) atoms. The molecule has 108 valence electrons. The predicted octanol–water partition coefficient (Wildman–Crippen LogP) is 2.87. The van der Waals surface area contributed by atoms with Crippen LogP contribution in [0.1, 0.15) is 51.8 Å². The molecule has 1 aromatic heterocycles. The Bertz CT molecular complexity index is 378. The first-order valence-corrected chi connectivity index (χ1v) is 8.48. The zero-order chi connectivity index (χ0) is 13.5. The third-order valence-corrected chi connectivity index (χ3v) is 4.60. The van der Waals surface area contributed by atoms with E-state index in [1.165, 1.54) is 37.9 Å². The van der Waals surface area contributed by atoms with Crippen LogP contribution in [0.3, 0.4) is 0 Å². The number of unbranched alkanes of at least 4 members (excludes halogenated alkanes) is 1. The van der Waals surface area contributed by atoms with Gasteiger partial charge in [-0.05, 0) is 25.8 Å². The summed E-state index contributed by atoms with van der Waals surface area (Å²) >= 11 is 1.86. The van der Waals surface area contributed by atoms with Crippen LogP contribution in [0.4, 0.5) is 0 Å². The smallest absolute Gasteiger partial charge is 0.191 e. The molecule has 0 aromatic carbocycles. The quantitative estimate of drug-likeness (QED) is 0.617. The molecule has 5 heteroatoms. The van der Waals surface area contributed by atoms with E-state index in [0.717, 1.165) is 31.2 Å². The Morgan fingerprint density at radius 3 is 3.05 bits per heavy atom. The van der Waals surface area contributed by atoms with Crippen LogP contribution in [0.15, 0.2) is 5.16 Å². The van der Waals surface area contributed by atoms with Crippen LogP contribution in [0.2, 0.25) is 0 Å². The highest BCUT2D eigenvalue weighted by Crippen LogP contribution is 2.24. The lowest BCUT2D eigenvalue weighted by Gasteiger charge is -2.12. The van der Waals surface area contributed by atoms with E-state index in [1.54, 1.807) is 0 Å². The summed E-state index contributed by atoms with van der Waals surface area (Å²) in [6.07, 6.45) is 7.46. The summed E-state index contributed by atoms with van der Waals surface area (Å²) in [5.74, 6) is 1.19. The normalized spacial score (nSPS) is 16.9. The van der Waals surface area contributed by atoms with Gasteiger partial charge in [-0.3, -0.25) is 0 Å². The summed E-state index contributed by atoms with van der Waals surface area (Å²) in [6, 6.07) is 0. The van der Waals surface area contributed by atoms with Gasteiger partial charge in [-0.15, -0.1) is 10.2 Å². The van der Waals surface area contributed by atoms with Gasteiger partial charge in [-0.1, -0.05) is 38.5 Å². The second kappa shape index (κ2) is 7.90. The van der Waals surface area contributed by atoms with Crippen molar-refractivity contribution in [2.75, 3.05) is 13.1 Å². The van der Waals surface area contributed by atoms with Gasteiger partial charge in [-0.2, -0.15) is 0 Å². The van der Waals surface area contributed by atoms with Gasteiger partial charge in [0, 0.05) is 24.8 Å². The minimum atomic E-state index is 0.549. The zero-order valence-electron chi connectivity index (χ0n) is 12.2. The van der Waals surface area contributed by atoms with Gasteiger partial charge >= 0.3 is 0 Å². The molecule has 1 atom stereocenters. The topological polar surface area (TPSA) is 42.7 Å². The van der Waals surface area contributed by atoms with Gasteiger partial charge in [0.2, 0.25) is 0 Å². The van der Waals surface area contributed by atoms with E-state index in [1.807, 2.05) is 11.8 Å². The van der Waals surface area contributed by atoms with E-state index < -0.39 is 0 Å². The van der Waals surface area contributed by atoms with Gasteiger partial charge in [0.15, 0.2) is 5.16 Å². The van der Waals surface area contributed by atoms with Crippen LogP contribution < -0.4 is 5.32 Å². The van der Waals surface area contributed by atoms with Crippen molar-refractivity contribution in [1.29, 1.82) is 0 Å². The maximum absolute atomic E-state index is 4.37. The molecular formula is C14H26N4S. The minimum Gasteiger partial charge on any atom is -0.316 e. The molecule has 0 aliphatic carbocycles. The standard InChI is InChI=1S/C14H26N4S/c1-3-4-9-15-11-12(2)19-14-17-16-13-8-6-5-7-10-18(13)14/h12,15H,3-11H2,1-2H3. The maximum atomic E-state index is 4.37. The van der Waals surface area contributed by atoms with Crippen molar-refractivity contribution < 1.29 is 0 Å². The van der Waals surface area contributed by atoms with Crippen molar-refractivity contribution >= 4 is 11.8 Å². The predicted molar refractivity (Wildman–Crippen MR) is 80.7 cm³/mol. The maximum Gasteiger partial charge on any atom is 0.191 e. The van der Waals surface area contributed by atoms with Crippen LogP contribution in [0.25, 0.3) is 0 Å². The highest BCUT2D eigenvalue weighted by molar-refractivity contribution is 7.99.